The molecule has 4 aromatic rings. The molecule has 0 fully saturated rings. The molecule has 1 aromatic heterocycles. The average molecular weight is 441 g/mol. The van der Waals surface area contributed by atoms with Crippen LogP contribution < -0.4 is 10.1 Å². The number of carbonyl (C=O) groups excluding carboxylic acids is 1. The monoisotopic (exact) mass is 440 g/mol. The number of benzene rings is 3. The van der Waals surface area contributed by atoms with Crippen LogP contribution in [-0.2, 0) is 12.8 Å². The van der Waals surface area contributed by atoms with E-state index in [0.29, 0.717) is 5.56 Å². The van der Waals surface area contributed by atoms with E-state index >= 15 is 0 Å². The number of para-hydroxylation sites is 1. The fourth-order valence-corrected chi connectivity index (χ4v) is 5.53. The molecule has 5 rings (SSSR count). The average Bonchev–Trinajstić information content (AvgIpc) is 3.21. The topological polar surface area (TPSA) is 50.7 Å². The summed E-state index contributed by atoms with van der Waals surface area (Å²) in [6.45, 7) is 0. The minimum Gasteiger partial charge on any atom is -0.496 e. The number of carbonyl (C=O) groups is 1. The predicted octanol–water partition coefficient (Wildman–Crippen LogP) is 6.79. The molecule has 0 saturated heterocycles. The van der Waals surface area contributed by atoms with Gasteiger partial charge in [-0.25, -0.2) is 4.99 Å². The minimum atomic E-state index is -0.0902. The zero-order chi connectivity index (χ0) is 21.9. The zero-order valence-electron chi connectivity index (χ0n) is 17.9. The highest BCUT2D eigenvalue weighted by molar-refractivity contribution is 7.16. The highest BCUT2D eigenvalue weighted by Gasteiger charge is 2.25. The second-order valence-corrected chi connectivity index (χ2v) is 8.96. The van der Waals surface area contributed by atoms with Crippen LogP contribution in [0.1, 0.15) is 39.2 Å². The van der Waals surface area contributed by atoms with Crippen LogP contribution >= 0.6 is 11.3 Å². The molecule has 160 valence electrons. The lowest BCUT2D eigenvalue weighted by molar-refractivity contribution is 0.102. The Bertz CT molecular complexity index is 1310. The van der Waals surface area contributed by atoms with Crippen molar-refractivity contribution in [3.05, 3.63) is 88.3 Å². The van der Waals surface area contributed by atoms with Gasteiger partial charge in [0, 0.05) is 22.3 Å². The summed E-state index contributed by atoms with van der Waals surface area (Å²) in [5.74, 6) is 0.677. The number of thiophene rings is 1. The first-order valence-electron chi connectivity index (χ1n) is 10.9. The van der Waals surface area contributed by atoms with Crippen LogP contribution in [0.15, 0.2) is 71.7 Å². The highest BCUT2D eigenvalue weighted by Crippen LogP contribution is 2.40. The fourth-order valence-electron chi connectivity index (χ4n) is 4.30. The highest BCUT2D eigenvalue weighted by atomic mass is 32.1. The van der Waals surface area contributed by atoms with Crippen molar-refractivity contribution in [3.63, 3.8) is 0 Å². The van der Waals surface area contributed by atoms with Crippen LogP contribution in [0, 0.1) is 0 Å². The summed E-state index contributed by atoms with van der Waals surface area (Å²) in [5.41, 5.74) is 3.58. The molecule has 1 heterocycles. The second-order valence-electron chi connectivity index (χ2n) is 7.87. The summed E-state index contributed by atoms with van der Waals surface area (Å²) >= 11 is 1.64. The van der Waals surface area contributed by atoms with Crippen molar-refractivity contribution in [2.24, 2.45) is 4.99 Å². The molecule has 1 aliphatic carbocycles. The fraction of sp³-hybridized carbons (Fsp3) is 0.185. The number of fused-ring (bicyclic) bond motifs is 2. The third-order valence-corrected chi connectivity index (χ3v) is 7.07. The van der Waals surface area contributed by atoms with Gasteiger partial charge in [-0.3, -0.25) is 4.79 Å². The van der Waals surface area contributed by atoms with Gasteiger partial charge in [0.2, 0.25) is 0 Å². The SMILES string of the molecule is COc1ccc2ccccc2c1C=Nc1sc2c(c1C(=O)Nc1ccccc1)CCCC2. The normalized spacial score (nSPS) is 13.3. The molecule has 0 aliphatic heterocycles. The van der Waals surface area contributed by atoms with Gasteiger partial charge in [0.15, 0.2) is 0 Å². The van der Waals surface area contributed by atoms with Crippen LogP contribution in [-0.4, -0.2) is 19.2 Å². The number of nitrogens with one attached hydrogen (secondary N) is 1. The number of hydrogen-bond donors (Lipinski definition) is 1. The van der Waals surface area contributed by atoms with Crippen LogP contribution in [0.5, 0.6) is 5.75 Å². The number of aryl methyl sites for hydroxylation is 1. The zero-order valence-corrected chi connectivity index (χ0v) is 18.7. The number of aliphatic imine (C=N–C) groups is 1. The molecular formula is C27H24N2O2S. The summed E-state index contributed by atoms with van der Waals surface area (Å²) in [6, 6.07) is 21.8. The van der Waals surface area contributed by atoms with Crippen LogP contribution in [0.25, 0.3) is 10.8 Å². The number of nitrogens with zero attached hydrogens (tertiary/aromatic N) is 1. The quantitative estimate of drug-likeness (QED) is 0.347. The lowest BCUT2D eigenvalue weighted by atomic mass is 9.95. The molecule has 1 N–H and O–H groups in total. The Balaban J connectivity index is 1.57. The first-order chi connectivity index (χ1) is 15.7. The Morgan fingerprint density at radius 2 is 1.78 bits per heavy atom. The van der Waals surface area contributed by atoms with Crippen molar-refractivity contribution in [1.82, 2.24) is 0 Å². The van der Waals surface area contributed by atoms with E-state index in [9.17, 15) is 4.79 Å². The van der Waals surface area contributed by atoms with Gasteiger partial charge in [0.25, 0.3) is 5.91 Å². The molecular weight excluding hydrogens is 416 g/mol. The maximum atomic E-state index is 13.3. The molecule has 32 heavy (non-hydrogen) atoms. The molecule has 0 atom stereocenters. The van der Waals surface area contributed by atoms with E-state index in [2.05, 4.69) is 17.4 Å². The van der Waals surface area contributed by atoms with Crippen molar-refractivity contribution in [3.8, 4) is 5.75 Å². The van der Waals surface area contributed by atoms with E-state index in [1.807, 2.05) is 60.8 Å². The van der Waals surface area contributed by atoms with Gasteiger partial charge in [-0.2, -0.15) is 0 Å². The Morgan fingerprint density at radius 3 is 2.62 bits per heavy atom. The maximum absolute atomic E-state index is 13.3. The van der Waals surface area contributed by atoms with Crippen LogP contribution in [0.4, 0.5) is 10.7 Å². The number of methoxy groups -OCH3 is 1. The number of rotatable bonds is 5. The Morgan fingerprint density at radius 1 is 1.00 bits per heavy atom. The smallest absolute Gasteiger partial charge is 0.259 e. The van der Waals surface area contributed by atoms with E-state index < -0.39 is 0 Å². The van der Waals surface area contributed by atoms with Crippen molar-refractivity contribution in [2.75, 3.05) is 12.4 Å². The van der Waals surface area contributed by atoms with Crippen LogP contribution in [0.3, 0.4) is 0 Å². The van der Waals surface area contributed by atoms with E-state index in [0.717, 1.165) is 64.0 Å². The maximum Gasteiger partial charge on any atom is 0.259 e. The summed E-state index contributed by atoms with van der Waals surface area (Å²) in [4.78, 5) is 19.5. The van der Waals surface area contributed by atoms with Gasteiger partial charge in [-0.15, -0.1) is 11.3 Å². The van der Waals surface area contributed by atoms with Crippen molar-refractivity contribution in [1.29, 1.82) is 0 Å². The van der Waals surface area contributed by atoms with Gasteiger partial charge >= 0.3 is 0 Å². The van der Waals surface area contributed by atoms with E-state index in [1.165, 1.54) is 4.88 Å². The van der Waals surface area contributed by atoms with Gasteiger partial charge in [0.05, 0.1) is 12.7 Å². The molecule has 0 radical (unpaired) electrons. The molecule has 0 spiro atoms. The predicted molar refractivity (Wildman–Crippen MR) is 133 cm³/mol. The third kappa shape index (κ3) is 3.92. The van der Waals surface area contributed by atoms with Gasteiger partial charge in [-0.1, -0.05) is 48.5 Å². The molecule has 1 aliphatic rings. The first-order valence-corrected chi connectivity index (χ1v) is 11.7. The van der Waals surface area contributed by atoms with Crippen molar-refractivity contribution >= 4 is 44.9 Å². The molecule has 0 unspecified atom stereocenters. The number of hydrogen-bond acceptors (Lipinski definition) is 4. The van der Waals surface area contributed by atoms with Gasteiger partial charge < -0.3 is 10.1 Å². The second kappa shape index (κ2) is 8.97. The number of ether oxygens (including phenoxy) is 1. The molecule has 1 amide bonds. The van der Waals surface area contributed by atoms with Gasteiger partial charge in [0.1, 0.15) is 10.8 Å². The van der Waals surface area contributed by atoms with E-state index in [4.69, 9.17) is 9.73 Å². The van der Waals surface area contributed by atoms with Gasteiger partial charge in [-0.05, 0) is 60.2 Å². The van der Waals surface area contributed by atoms with Crippen LogP contribution in [0.2, 0.25) is 0 Å². The molecule has 0 bridgehead atoms. The molecule has 4 nitrogen and oxygen atoms in total. The van der Waals surface area contributed by atoms with E-state index in [1.54, 1.807) is 18.4 Å². The third-order valence-electron chi connectivity index (χ3n) is 5.87. The Labute approximate surface area is 191 Å². The minimum absolute atomic E-state index is 0.0902. The Hall–Kier alpha value is -3.44. The molecule has 3 aromatic carbocycles. The number of amides is 1. The summed E-state index contributed by atoms with van der Waals surface area (Å²) in [7, 11) is 1.67. The first kappa shape index (κ1) is 20.5. The molecule has 0 saturated carbocycles. The Kier molecular flexibility index (Phi) is 5.73. The largest absolute Gasteiger partial charge is 0.496 e. The lowest BCUT2D eigenvalue weighted by Gasteiger charge is -2.13. The van der Waals surface area contributed by atoms with Crippen molar-refractivity contribution < 1.29 is 9.53 Å². The summed E-state index contributed by atoms with van der Waals surface area (Å²) in [6.07, 6.45) is 6.05. The summed E-state index contributed by atoms with van der Waals surface area (Å²) < 4.78 is 5.61. The number of anilines is 1. The van der Waals surface area contributed by atoms with Crippen molar-refractivity contribution in [2.45, 2.75) is 25.7 Å². The standard InChI is InChI=1S/C27H24N2O2S/c1-31-23-16-15-18-9-5-6-12-20(18)22(23)17-28-27-25(21-13-7-8-14-24(21)32-27)26(30)29-19-10-3-2-4-11-19/h2-6,9-12,15-17H,7-8,13-14H2,1H3,(H,29,30). The summed E-state index contributed by atoms with van der Waals surface area (Å²) in [5, 5.41) is 6.02. The molecule has 5 heteroatoms. The van der Waals surface area contributed by atoms with E-state index in [-0.39, 0.29) is 5.91 Å². The lowest BCUT2D eigenvalue weighted by Crippen LogP contribution is -2.14.